The van der Waals surface area contributed by atoms with Crippen LogP contribution in [0, 0.1) is 0 Å². The van der Waals surface area contributed by atoms with Crippen LogP contribution in [0.4, 0.5) is 0 Å². The molecule has 18 heavy (non-hydrogen) atoms. The van der Waals surface area contributed by atoms with Gasteiger partial charge in [-0.2, -0.15) is 0 Å². The van der Waals surface area contributed by atoms with Crippen LogP contribution in [-0.4, -0.2) is 34.0 Å². The lowest BCUT2D eigenvalue weighted by molar-refractivity contribution is -0.147. The molecule has 0 aliphatic carbocycles. The molecule has 1 aromatic rings. The van der Waals surface area contributed by atoms with Gasteiger partial charge in [0.2, 0.25) is 0 Å². The molecule has 0 saturated heterocycles. The summed E-state index contributed by atoms with van der Waals surface area (Å²) in [7, 11) is 0. The molecule has 0 fully saturated rings. The fourth-order valence-corrected chi connectivity index (χ4v) is 1.65. The lowest BCUT2D eigenvalue weighted by atomic mass is 10.0. The minimum Gasteiger partial charge on any atom is -0.508 e. The van der Waals surface area contributed by atoms with E-state index in [1.807, 2.05) is 0 Å². The number of aliphatic hydroxyl groups is 2. The van der Waals surface area contributed by atoms with E-state index in [0.717, 1.165) is 0 Å². The third-order valence-electron chi connectivity index (χ3n) is 2.35. The summed E-state index contributed by atoms with van der Waals surface area (Å²) in [6, 6.07) is 4.08. The van der Waals surface area contributed by atoms with Crippen molar-refractivity contribution in [2.75, 3.05) is 6.61 Å². The molecule has 0 aliphatic heterocycles. The van der Waals surface area contributed by atoms with E-state index in [-0.39, 0.29) is 24.3 Å². The summed E-state index contributed by atoms with van der Waals surface area (Å²) in [5.41, 5.74) is 0.0688. The highest BCUT2D eigenvalue weighted by molar-refractivity contribution is 6.30. The van der Waals surface area contributed by atoms with E-state index < -0.39 is 18.2 Å². The van der Waals surface area contributed by atoms with Gasteiger partial charge < -0.3 is 20.1 Å². The third kappa shape index (κ3) is 3.87. The minimum absolute atomic E-state index is 0.0688. The maximum absolute atomic E-state index is 11.2. The molecule has 0 saturated carbocycles. The van der Waals surface area contributed by atoms with E-state index >= 15 is 0 Å². The van der Waals surface area contributed by atoms with E-state index in [1.54, 1.807) is 6.92 Å². The average Bonchev–Trinajstić information content (AvgIpc) is 2.31. The van der Waals surface area contributed by atoms with Crippen LogP contribution >= 0.6 is 11.6 Å². The van der Waals surface area contributed by atoms with Crippen LogP contribution in [-0.2, 0) is 9.53 Å². The van der Waals surface area contributed by atoms with Crippen LogP contribution in [0.25, 0.3) is 0 Å². The van der Waals surface area contributed by atoms with Crippen LogP contribution in [0.5, 0.6) is 5.75 Å². The van der Waals surface area contributed by atoms with E-state index in [9.17, 15) is 20.1 Å². The zero-order valence-electron chi connectivity index (χ0n) is 9.84. The zero-order chi connectivity index (χ0) is 13.7. The van der Waals surface area contributed by atoms with E-state index in [4.69, 9.17) is 11.6 Å². The molecule has 6 heteroatoms. The van der Waals surface area contributed by atoms with Gasteiger partial charge in [0.25, 0.3) is 0 Å². The lowest BCUT2D eigenvalue weighted by Crippen LogP contribution is -2.23. The Morgan fingerprint density at radius 1 is 1.44 bits per heavy atom. The van der Waals surface area contributed by atoms with E-state index in [2.05, 4.69) is 4.74 Å². The van der Waals surface area contributed by atoms with Crippen molar-refractivity contribution >= 4 is 17.6 Å². The first-order valence-electron chi connectivity index (χ1n) is 5.45. The largest absolute Gasteiger partial charge is 0.508 e. The lowest BCUT2D eigenvalue weighted by Gasteiger charge is -2.18. The Bertz CT molecular complexity index is 421. The number of benzene rings is 1. The van der Waals surface area contributed by atoms with Crippen LogP contribution in [0.15, 0.2) is 18.2 Å². The first kappa shape index (κ1) is 14.8. The number of carbonyl (C=O) groups excluding carboxylic acids is 1. The number of aromatic hydroxyl groups is 1. The molecule has 0 spiro atoms. The maximum Gasteiger partial charge on any atom is 0.308 e. The average molecular weight is 275 g/mol. The molecule has 1 aromatic carbocycles. The number of hydrogen-bond donors (Lipinski definition) is 3. The Balaban J connectivity index is 2.76. The van der Waals surface area contributed by atoms with Crippen LogP contribution in [0.3, 0.4) is 0 Å². The van der Waals surface area contributed by atoms with Crippen molar-refractivity contribution in [2.45, 2.75) is 25.6 Å². The highest BCUT2D eigenvalue weighted by Crippen LogP contribution is 2.30. The maximum atomic E-state index is 11.2. The SMILES string of the molecule is CCOC(=O)CC(O)C(O)c1cc(Cl)ccc1O. The number of hydrogen-bond acceptors (Lipinski definition) is 5. The van der Waals surface area contributed by atoms with E-state index in [0.29, 0.717) is 5.02 Å². The van der Waals surface area contributed by atoms with Crippen molar-refractivity contribution in [1.29, 1.82) is 0 Å². The Morgan fingerprint density at radius 2 is 2.11 bits per heavy atom. The van der Waals surface area contributed by atoms with Crippen molar-refractivity contribution in [2.24, 2.45) is 0 Å². The third-order valence-corrected chi connectivity index (χ3v) is 2.59. The predicted octanol–water partition coefficient (Wildman–Crippen LogP) is 1.39. The molecule has 2 atom stereocenters. The fraction of sp³-hybridized carbons (Fsp3) is 0.417. The number of esters is 1. The van der Waals surface area contributed by atoms with Crippen molar-refractivity contribution in [1.82, 2.24) is 0 Å². The quantitative estimate of drug-likeness (QED) is 0.707. The monoisotopic (exact) mass is 274 g/mol. The Labute approximate surface area is 110 Å². The summed E-state index contributed by atoms with van der Waals surface area (Å²) in [6.07, 6.45) is -3.14. The molecular weight excluding hydrogens is 260 g/mol. The molecule has 0 bridgehead atoms. The van der Waals surface area contributed by atoms with Gasteiger partial charge in [-0.1, -0.05) is 11.6 Å². The number of carbonyl (C=O) groups is 1. The van der Waals surface area contributed by atoms with Crippen LogP contribution in [0.1, 0.15) is 25.0 Å². The molecule has 100 valence electrons. The van der Waals surface area contributed by atoms with Crippen molar-refractivity contribution < 1.29 is 24.9 Å². The van der Waals surface area contributed by atoms with Gasteiger partial charge in [-0.25, -0.2) is 0 Å². The Hall–Kier alpha value is -1.30. The number of aliphatic hydroxyl groups excluding tert-OH is 2. The van der Waals surface area contributed by atoms with Gasteiger partial charge in [0.1, 0.15) is 11.9 Å². The highest BCUT2D eigenvalue weighted by atomic mass is 35.5. The van der Waals surface area contributed by atoms with Crippen molar-refractivity contribution in [3.05, 3.63) is 28.8 Å². The molecule has 0 heterocycles. The number of halogens is 1. The van der Waals surface area contributed by atoms with Crippen LogP contribution < -0.4 is 0 Å². The Kier molecular flexibility index (Phi) is 5.40. The first-order chi connectivity index (χ1) is 8.45. The molecular formula is C12H15ClO5. The second kappa shape index (κ2) is 6.58. The molecule has 1 rings (SSSR count). The van der Waals surface area contributed by atoms with Gasteiger partial charge in [-0.3, -0.25) is 4.79 Å². The Morgan fingerprint density at radius 3 is 2.72 bits per heavy atom. The summed E-state index contributed by atoms with van der Waals surface area (Å²) >= 11 is 5.73. The normalized spacial score (nSPS) is 14.0. The summed E-state index contributed by atoms with van der Waals surface area (Å²) in [6.45, 7) is 1.84. The summed E-state index contributed by atoms with van der Waals surface area (Å²) < 4.78 is 4.65. The van der Waals surface area contributed by atoms with Gasteiger partial charge in [0.05, 0.1) is 19.1 Å². The van der Waals surface area contributed by atoms with E-state index in [1.165, 1.54) is 18.2 Å². The number of phenolic OH excluding ortho intramolecular Hbond substituents is 1. The minimum atomic E-state index is -1.41. The molecule has 0 aromatic heterocycles. The van der Waals surface area contributed by atoms with Crippen molar-refractivity contribution in [3.63, 3.8) is 0 Å². The molecule has 0 aliphatic rings. The fourth-order valence-electron chi connectivity index (χ4n) is 1.47. The summed E-state index contributed by atoms with van der Waals surface area (Å²) in [5.74, 6) is -0.819. The molecule has 0 radical (unpaired) electrons. The zero-order valence-corrected chi connectivity index (χ0v) is 10.6. The smallest absolute Gasteiger partial charge is 0.308 e. The number of rotatable bonds is 5. The van der Waals surface area contributed by atoms with Gasteiger partial charge in [-0.05, 0) is 25.1 Å². The topological polar surface area (TPSA) is 87.0 Å². The van der Waals surface area contributed by atoms with Gasteiger partial charge in [0, 0.05) is 10.6 Å². The number of ether oxygens (including phenoxy) is 1. The molecule has 0 amide bonds. The predicted molar refractivity (Wildman–Crippen MR) is 65.3 cm³/mol. The van der Waals surface area contributed by atoms with Crippen molar-refractivity contribution in [3.8, 4) is 5.75 Å². The molecule has 5 nitrogen and oxygen atoms in total. The first-order valence-corrected chi connectivity index (χ1v) is 5.83. The molecule has 3 N–H and O–H groups in total. The van der Waals surface area contributed by atoms with Gasteiger partial charge >= 0.3 is 5.97 Å². The number of phenols is 1. The van der Waals surface area contributed by atoms with Gasteiger partial charge in [-0.15, -0.1) is 0 Å². The highest BCUT2D eigenvalue weighted by Gasteiger charge is 2.24. The van der Waals surface area contributed by atoms with Gasteiger partial charge in [0.15, 0.2) is 0 Å². The standard InChI is InChI=1S/C12H15ClO5/c1-2-18-11(16)6-10(15)12(17)8-5-7(13)3-4-9(8)14/h3-5,10,12,14-15,17H,2,6H2,1H3. The summed E-state index contributed by atoms with van der Waals surface area (Å²) in [5, 5.41) is 29.4. The van der Waals surface area contributed by atoms with Crippen LogP contribution in [0.2, 0.25) is 5.02 Å². The second-order valence-electron chi connectivity index (χ2n) is 3.72. The molecule has 2 unspecified atom stereocenters. The second-order valence-corrected chi connectivity index (χ2v) is 4.16. The summed E-state index contributed by atoms with van der Waals surface area (Å²) in [4.78, 5) is 11.2.